The van der Waals surface area contributed by atoms with Crippen molar-refractivity contribution in [2.24, 2.45) is 0 Å². The van der Waals surface area contributed by atoms with E-state index in [0.29, 0.717) is 0 Å². The molecule has 0 bridgehead atoms. The molecule has 0 atom stereocenters. The third-order valence-corrected chi connectivity index (χ3v) is 2.06. The number of hydrogen-bond acceptors (Lipinski definition) is 6. The van der Waals surface area contributed by atoms with Crippen molar-refractivity contribution in [1.82, 2.24) is 4.90 Å². The number of aromatic hydroxyl groups is 1. The molecule has 0 saturated carbocycles. The number of hydrogen-bond donors (Lipinski definition) is 1. The van der Waals surface area contributed by atoms with Gasteiger partial charge in [-0.05, 0) is 20.2 Å². The van der Waals surface area contributed by atoms with Gasteiger partial charge in [0.25, 0.3) is 5.69 Å². The van der Waals surface area contributed by atoms with Crippen LogP contribution in [0.25, 0.3) is 0 Å². The van der Waals surface area contributed by atoms with Crippen LogP contribution < -0.4 is 0 Å². The molecule has 1 aromatic rings. The first-order valence-corrected chi connectivity index (χ1v) is 4.62. The molecule has 0 aliphatic carbocycles. The number of rotatable bonds is 4. The maximum atomic E-state index is 10.8. The summed E-state index contributed by atoms with van der Waals surface area (Å²) in [6, 6.07) is 1.82. The van der Waals surface area contributed by atoms with Crippen LogP contribution in [0.3, 0.4) is 0 Å². The lowest BCUT2D eigenvalue weighted by molar-refractivity contribution is -0.395. The topological polar surface area (TPSA) is 110 Å². The molecule has 0 aromatic heterocycles. The summed E-state index contributed by atoms with van der Waals surface area (Å²) in [6.07, 6.45) is 0. The molecule has 1 rings (SSSR count). The van der Waals surface area contributed by atoms with E-state index < -0.39 is 21.3 Å². The van der Waals surface area contributed by atoms with Gasteiger partial charge in [0.05, 0.1) is 15.9 Å². The first kappa shape index (κ1) is 12.8. The highest BCUT2D eigenvalue weighted by molar-refractivity contribution is 5.57. The van der Waals surface area contributed by atoms with Crippen molar-refractivity contribution in [3.63, 3.8) is 0 Å². The van der Waals surface area contributed by atoms with Crippen LogP contribution >= 0.6 is 0 Å². The van der Waals surface area contributed by atoms with Crippen LogP contribution in [0.2, 0.25) is 0 Å². The van der Waals surface area contributed by atoms with Gasteiger partial charge in [0, 0.05) is 12.1 Å². The Morgan fingerprint density at radius 1 is 1.18 bits per heavy atom. The normalized spacial score (nSPS) is 10.5. The Balaban J connectivity index is 3.35. The Hall–Kier alpha value is -2.22. The van der Waals surface area contributed by atoms with Crippen molar-refractivity contribution in [2.75, 3.05) is 14.1 Å². The third kappa shape index (κ3) is 2.88. The average Bonchev–Trinajstić information content (AvgIpc) is 2.15. The zero-order valence-corrected chi connectivity index (χ0v) is 9.28. The lowest BCUT2D eigenvalue weighted by Gasteiger charge is -2.10. The molecule has 0 aliphatic heterocycles. The Morgan fingerprint density at radius 3 is 2.12 bits per heavy atom. The number of phenolic OH excluding ortho intramolecular Hbond substituents is 1. The first-order chi connectivity index (χ1) is 7.82. The van der Waals surface area contributed by atoms with E-state index in [-0.39, 0.29) is 17.8 Å². The van der Waals surface area contributed by atoms with Crippen molar-refractivity contribution in [2.45, 2.75) is 6.54 Å². The third-order valence-electron chi connectivity index (χ3n) is 2.06. The van der Waals surface area contributed by atoms with Gasteiger partial charge in [0.1, 0.15) is 0 Å². The molecule has 8 nitrogen and oxygen atoms in total. The van der Waals surface area contributed by atoms with Gasteiger partial charge in [-0.3, -0.25) is 20.2 Å². The fourth-order valence-electron chi connectivity index (χ4n) is 1.39. The SMILES string of the molecule is CN(C)Cc1cc(O)c([N+](=O)[O-])cc1[N+](=O)[O-]. The molecular formula is C9H11N3O5. The zero-order chi connectivity index (χ0) is 13.2. The average molecular weight is 241 g/mol. The molecule has 92 valence electrons. The van der Waals surface area contributed by atoms with Gasteiger partial charge in [0.15, 0.2) is 5.75 Å². The fourth-order valence-corrected chi connectivity index (χ4v) is 1.39. The Kier molecular flexibility index (Phi) is 3.59. The van der Waals surface area contributed by atoms with Crippen molar-refractivity contribution in [1.29, 1.82) is 0 Å². The number of phenols is 1. The number of nitro benzene ring substituents is 2. The summed E-state index contributed by atoms with van der Waals surface area (Å²) in [6.45, 7) is 0.210. The van der Waals surface area contributed by atoms with Crippen LogP contribution in [0, 0.1) is 20.2 Å². The van der Waals surface area contributed by atoms with Crippen LogP contribution in [0.5, 0.6) is 5.75 Å². The van der Waals surface area contributed by atoms with Crippen molar-refractivity contribution in [3.05, 3.63) is 37.9 Å². The van der Waals surface area contributed by atoms with Gasteiger partial charge in [0.2, 0.25) is 0 Å². The summed E-state index contributed by atoms with van der Waals surface area (Å²) in [7, 11) is 3.39. The highest BCUT2D eigenvalue weighted by Crippen LogP contribution is 2.33. The number of nitro groups is 2. The highest BCUT2D eigenvalue weighted by atomic mass is 16.6. The van der Waals surface area contributed by atoms with E-state index in [1.54, 1.807) is 19.0 Å². The van der Waals surface area contributed by atoms with Gasteiger partial charge in [-0.1, -0.05) is 0 Å². The summed E-state index contributed by atoms with van der Waals surface area (Å²) >= 11 is 0. The van der Waals surface area contributed by atoms with E-state index >= 15 is 0 Å². The first-order valence-electron chi connectivity index (χ1n) is 4.62. The van der Waals surface area contributed by atoms with Gasteiger partial charge >= 0.3 is 5.69 Å². The standard InChI is InChI=1S/C9H11N3O5/c1-10(2)5-6-3-9(13)8(12(16)17)4-7(6)11(14)15/h3-4,13H,5H2,1-2H3. The maximum absolute atomic E-state index is 10.8. The van der Waals surface area contributed by atoms with Crippen LogP contribution in [-0.2, 0) is 6.54 Å². The van der Waals surface area contributed by atoms with Crippen LogP contribution in [0.1, 0.15) is 5.56 Å². The minimum absolute atomic E-state index is 0.210. The van der Waals surface area contributed by atoms with E-state index in [2.05, 4.69) is 0 Å². The molecule has 17 heavy (non-hydrogen) atoms. The lowest BCUT2D eigenvalue weighted by atomic mass is 10.1. The Bertz CT molecular complexity index is 472. The Labute approximate surface area is 96.4 Å². The van der Waals surface area contributed by atoms with Crippen molar-refractivity contribution in [3.8, 4) is 5.75 Å². The summed E-state index contributed by atoms with van der Waals surface area (Å²) in [5.41, 5.74) is -0.814. The molecule has 8 heteroatoms. The summed E-state index contributed by atoms with van der Waals surface area (Å²) in [5, 5.41) is 30.7. The highest BCUT2D eigenvalue weighted by Gasteiger charge is 2.24. The molecule has 0 spiro atoms. The molecule has 1 N–H and O–H groups in total. The van der Waals surface area contributed by atoms with E-state index in [9.17, 15) is 25.3 Å². The molecule has 0 heterocycles. The van der Waals surface area contributed by atoms with Crippen molar-refractivity contribution < 1.29 is 15.0 Å². The fraction of sp³-hybridized carbons (Fsp3) is 0.333. The van der Waals surface area contributed by atoms with E-state index in [1.165, 1.54) is 0 Å². The molecule has 0 amide bonds. The minimum Gasteiger partial charge on any atom is -0.502 e. The second kappa shape index (κ2) is 4.74. The molecule has 0 unspecified atom stereocenters. The maximum Gasteiger partial charge on any atom is 0.317 e. The molecule has 0 fully saturated rings. The zero-order valence-electron chi connectivity index (χ0n) is 9.28. The second-order valence-electron chi connectivity index (χ2n) is 3.72. The largest absolute Gasteiger partial charge is 0.502 e. The van der Waals surface area contributed by atoms with Gasteiger partial charge in [-0.15, -0.1) is 0 Å². The van der Waals surface area contributed by atoms with Crippen LogP contribution in [0.4, 0.5) is 11.4 Å². The van der Waals surface area contributed by atoms with Gasteiger partial charge < -0.3 is 10.0 Å². The lowest BCUT2D eigenvalue weighted by Crippen LogP contribution is -2.12. The number of nitrogens with zero attached hydrogens (tertiary/aromatic N) is 3. The molecule has 0 aliphatic rings. The van der Waals surface area contributed by atoms with Crippen LogP contribution in [-0.4, -0.2) is 33.9 Å². The van der Waals surface area contributed by atoms with Gasteiger partial charge in [-0.25, -0.2) is 0 Å². The second-order valence-corrected chi connectivity index (χ2v) is 3.72. The predicted molar refractivity (Wildman–Crippen MR) is 58.8 cm³/mol. The van der Waals surface area contributed by atoms with E-state index in [4.69, 9.17) is 0 Å². The molecule has 0 saturated heterocycles. The van der Waals surface area contributed by atoms with E-state index in [1.807, 2.05) is 0 Å². The monoisotopic (exact) mass is 241 g/mol. The van der Waals surface area contributed by atoms with Crippen molar-refractivity contribution >= 4 is 11.4 Å². The smallest absolute Gasteiger partial charge is 0.317 e. The summed E-state index contributed by atoms with van der Waals surface area (Å²) < 4.78 is 0. The van der Waals surface area contributed by atoms with E-state index in [0.717, 1.165) is 12.1 Å². The summed E-state index contributed by atoms with van der Waals surface area (Å²) in [4.78, 5) is 21.4. The number of benzene rings is 1. The molecular weight excluding hydrogens is 230 g/mol. The molecule has 1 aromatic carbocycles. The van der Waals surface area contributed by atoms with Crippen LogP contribution in [0.15, 0.2) is 12.1 Å². The summed E-state index contributed by atoms with van der Waals surface area (Å²) in [5.74, 6) is -0.572. The molecule has 0 radical (unpaired) electrons. The predicted octanol–water partition coefficient (Wildman–Crippen LogP) is 1.27. The van der Waals surface area contributed by atoms with Gasteiger partial charge in [-0.2, -0.15) is 0 Å². The quantitative estimate of drug-likeness (QED) is 0.627. The Morgan fingerprint density at radius 2 is 1.71 bits per heavy atom. The minimum atomic E-state index is -0.859.